The number of aryl methyl sites for hydroxylation is 1. The van der Waals surface area contributed by atoms with Crippen molar-refractivity contribution < 1.29 is 13.5 Å². The molecule has 2 heterocycles. The molecule has 0 aliphatic rings. The van der Waals surface area contributed by atoms with E-state index in [0.29, 0.717) is 5.56 Å². The van der Waals surface area contributed by atoms with Crippen molar-refractivity contribution in [2.75, 3.05) is 4.72 Å². The van der Waals surface area contributed by atoms with Gasteiger partial charge in [0, 0.05) is 16.2 Å². The van der Waals surface area contributed by atoms with Crippen LogP contribution in [0.1, 0.15) is 11.1 Å². The lowest BCUT2D eigenvalue weighted by Crippen LogP contribution is -2.16. The third-order valence-corrected chi connectivity index (χ3v) is 4.18. The van der Waals surface area contributed by atoms with Gasteiger partial charge in [-0.1, -0.05) is 0 Å². The summed E-state index contributed by atoms with van der Waals surface area (Å²) >= 11 is 3.25. The maximum atomic E-state index is 12.1. The molecule has 0 atom stereocenters. The fourth-order valence-corrected chi connectivity index (χ4v) is 3.12. The van der Waals surface area contributed by atoms with Gasteiger partial charge < -0.3 is 5.11 Å². The number of rotatable bonds is 4. The number of hydrogen-bond acceptors (Lipinski definition) is 5. The first kappa shape index (κ1) is 14.0. The van der Waals surface area contributed by atoms with E-state index in [0.717, 1.165) is 4.47 Å². The minimum absolute atomic E-state index is 0.167. The number of aromatic nitrogens is 3. The van der Waals surface area contributed by atoms with Crippen LogP contribution in [0.4, 0.5) is 5.82 Å². The summed E-state index contributed by atoms with van der Waals surface area (Å²) < 4.78 is 27.4. The second-order valence-electron chi connectivity index (χ2n) is 3.81. The predicted molar refractivity (Wildman–Crippen MR) is 72.0 cm³/mol. The minimum Gasteiger partial charge on any atom is -0.392 e. The molecule has 2 rings (SSSR count). The SMILES string of the molecule is Cc1cc(Br)cnc1NS(=O)(=O)c1[nH]ncc1CO. The van der Waals surface area contributed by atoms with Crippen molar-refractivity contribution in [1.29, 1.82) is 0 Å². The van der Waals surface area contributed by atoms with Gasteiger partial charge in [-0.15, -0.1) is 0 Å². The quantitative estimate of drug-likeness (QED) is 0.769. The van der Waals surface area contributed by atoms with Gasteiger partial charge in [0.25, 0.3) is 10.0 Å². The van der Waals surface area contributed by atoms with Crippen molar-refractivity contribution in [2.45, 2.75) is 18.6 Å². The number of aromatic amines is 1. The van der Waals surface area contributed by atoms with Crippen LogP contribution in [0.2, 0.25) is 0 Å². The number of H-pyrrole nitrogens is 1. The highest BCUT2D eigenvalue weighted by Gasteiger charge is 2.21. The number of nitrogens with one attached hydrogen (secondary N) is 2. The van der Waals surface area contributed by atoms with Crippen LogP contribution >= 0.6 is 15.9 Å². The minimum atomic E-state index is -3.85. The molecule has 0 radical (unpaired) electrons. The summed E-state index contributed by atoms with van der Waals surface area (Å²) in [6.07, 6.45) is 2.75. The lowest BCUT2D eigenvalue weighted by atomic mass is 10.3. The van der Waals surface area contributed by atoms with Gasteiger partial charge in [0.15, 0.2) is 5.03 Å². The van der Waals surface area contributed by atoms with Crippen LogP contribution in [-0.2, 0) is 16.6 Å². The monoisotopic (exact) mass is 346 g/mol. The van der Waals surface area contributed by atoms with Crippen molar-refractivity contribution in [1.82, 2.24) is 15.2 Å². The standard InChI is InChI=1S/C10H11BrN4O3S/c1-6-2-8(11)4-12-9(6)15-19(17,18)10-7(5-16)3-13-14-10/h2-4,16H,5H2,1H3,(H,12,15)(H,13,14). The molecule has 0 aliphatic heterocycles. The largest absolute Gasteiger partial charge is 0.392 e. The number of halogens is 1. The molecule has 0 aromatic carbocycles. The van der Waals surface area contributed by atoms with Gasteiger partial charge in [0.2, 0.25) is 0 Å². The van der Waals surface area contributed by atoms with Gasteiger partial charge in [-0.2, -0.15) is 13.5 Å². The third-order valence-electron chi connectivity index (χ3n) is 2.39. The van der Waals surface area contributed by atoms with Crippen molar-refractivity contribution >= 4 is 31.8 Å². The third kappa shape index (κ3) is 2.94. The van der Waals surface area contributed by atoms with Crippen LogP contribution in [0.5, 0.6) is 0 Å². The molecule has 0 amide bonds. The molecule has 19 heavy (non-hydrogen) atoms. The first-order valence-electron chi connectivity index (χ1n) is 5.22. The van der Waals surface area contributed by atoms with E-state index in [1.54, 1.807) is 13.0 Å². The molecular weight excluding hydrogens is 336 g/mol. The second kappa shape index (κ2) is 5.27. The molecule has 7 nitrogen and oxygen atoms in total. The highest BCUT2D eigenvalue weighted by atomic mass is 79.9. The van der Waals surface area contributed by atoms with E-state index in [9.17, 15) is 8.42 Å². The molecule has 3 N–H and O–H groups in total. The Morgan fingerprint density at radius 3 is 2.84 bits per heavy atom. The van der Waals surface area contributed by atoms with Crippen LogP contribution in [0, 0.1) is 6.92 Å². The van der Waals surface area contributed by atoms with Crippen LogP contribution in [0.3, 0.4) is 0 Å². The lowest BCUT2D eigenvalue weighted by Gasteiger charge is -2.09. The lowest BCUT2D eigenvalue weighted by molar-refractivity contribution is 0.278. The molecule has 0 saturated heterocycles. The Labute approximate surface area is 118 Å². The molecule has 9 heteroatoms. The van der Waals surface area contributed by atoms with E-state index in [2.05, 4.69) is 35.8 Å². The topological polar surface area (TPSA) is 108 Å². The van der Waals surface area contributed by atoms with Gasteiger partial charge in [0.1, 0.15) is 5.82 Å². The number of sulfonamides is 1. The zero-order chi connectivity index (χ0) is 14.0. The fourth-order valence-electron chi connectivity index (χ4n) is 1.47. The normalized spacial score (nSPS) is 11.5. The maximum absolute atomic E-state index is 12.1. The summed E-state index contributed by atoms with van der Waals surface area (Å²) in [5, 5.41) is 14.8. The van der Waals surface area contributed by atoms with Crippen LogP contribution in [0.25, 0.3) is 0 Å². The van der Waals surface area contributed by atoms with Gasteiger partial charge in [-0.3, -0.25) is 9.82 Å². The fraction of sp³-hybridized carbons (Fsp3) is 0.200. The van der Waals surface area contributed by atoms with E-state index in [1.165, 1.54) is 12.4 Å². The van der Waals surface area contributed by atoms with Gasteiger partial charge in [-0.25, -0.2) is 4.98 Å². The van der Waals surface area contributed by atoms with Crippen molar-refractivity contribution in [2.24, 2.45) is 0 Å². The summed E-state index contributed by atoms with van der Waals surface area (Å²) in [5.74, 6) is 0.224. The summed E-state index contributed by atoms with van der Waals surface area (Å²) in [5.41, 5.74) is 0.866. The molecule has 0 spiro atoms. The predicted octanol–water partition coefficient (Wildman–Crippen LogP) is 1.17. The highest BCUT2D eigenvalue weighted by molar-refractivity contribution is 9.10. The number of anilines is 1. The molecule has 0 aliphatic carbocycles. The summed E-state index contributed by atoms with van der Waals surface area (Å²) in [6.45, 7) is 1.31. The zero-order valence-electron chi connectivity index (χ0n) is 9.88. The van der Waals surface area contributed by atoms with Crippen LogP contribution < -0.4 is 4.72 Å². The highest BCUT2D eigenvalue weighted by Crippen LogP contribution is 2.21. The Morgan fingerprint density at radius 1 is 1.47 bits per heavy atom. The number of pyridine rings is 1. The van der Waals surface area contributed by atoms with Crippen molar-refractivity contribution in [3.05, 3.63) is 34.1 Å². The average Bonchev–Trinajstić information content (AvgIpc) is 2.82. The first-order chi connectivity index (χ1) is 8.94. The molecule has 0 saturated carbocycles. The van der Waals surface area contributed by atoms with E-state index >= 15 is 0 Å². The van der Waals surface area contributed by atoms with Gasteiger partial charge in [-0.05, 0) is 34.5 Å². The Bertz CT molecular complexity index is 699. The van der Waals surface area contributed by atoms with Crippen molar-refractivity contribution in [3.8, 4) is 0 Å². The van der Waals surface area contributed by atoms with E-state index < -0.39 is 16.6 Å². The molecule has 2 aromatic rings. The Kier molecular flexibility index (Phi) is 3.88. The molecule has 0 unspecified atom stereocenters. The van der Waals surface area contributed by atoms with Gasteiger partial charge in [0.05, 0.1) is 12.8 Å². The average molecular weight is 347 g/mol. The summed E-state index contributed by atoms with van der Waals surface area (Å²) in [6, 6.07) is 1.74. The van der Waals surface area contributed by atoms with Crippen LogP contribution in [0.15, 0.2) is 28.0 Å². The van der Waals surface area contributed by atoms with Crippen LogP contribution in [-0.4, -0.2) is 28.7 Å². The van der Waals surface area contributed by atoms with E-state index in [-0.39, 0.29) is 16.4 Å². The molecule has 0 bridgehead atoms. The van der Waals surface area contributed by atoms with Crippen molar-refractivity contribution in [3.63, 3.8) is 0 Å². The Balaban J connectivity index is 2.37. The Morgan fingerprint density at radius 2 is 2.21 bits per heavy atom. The maximum Gasteiger partial charge on any atom is 0.280 e. The van der Waals surface area contributed by atoms with E-state index in [4.69, 9.17) is 5.11 Å². The van der Waals surface area contributed by atoms with E-state index in [1.807, 2.05) is 0 Å². The number of hydrogen-bond donors (Lipinski definition) is 3. The first-order valence-corrected chi connectivity index (χ1v) is 7.49. The number of aliphatic hydroxyl groups excluding tert-OH is 1. The number of aliphatic hydroxyl groups is 1. The molecule has 102 valence electrons. The summed E-state index contributed by atoms with van der Waals surface area (Å²) in [7, 11) is -3.85. The second-order valence-corrected chi connectivity index (χ2v) is 6.34. The molecule has 0 fully saturated rings. The smallest absolute Gasteiger partial charge is 0.280 e. The zero-order valence-corrected chi connectivity index (χ0v) is 12.3. The Hall–Kier alpha value is -1.45. The summed E-state index contributed by atoms with van der Waals surface area (Å²) in [4.78, 5) is 3.99. The van der Waals surface area contributed by atoms with Gasteiger partial charge >= 0.3 is 0 Å². The molecule has 2 aromatic heterocycles. The molecular formula is C10H11BrN4O3S. The number of nitrogens with zero attached hydrogens (tertiary/aromatic N) is 2.